The van der Waals surface area contributed by atoms with E-state index in [-0.39, 0.29) is 11.6 Å². The molecule has 1 aromatic rings. The fraction of sp³-hybridized carbons (Fsp3) is 0.600. The minimum Gasteiger partial charge on any atom is -0.444 e. The van der Waals surface area contributed by atoms with E-state index in [4.69, 9.17) is 4.74 Å². The first-order valence-corrected chi connectivity index (χ1v) is 8.98. The van der Waals surface area contributed by atoms with E-state index in [1.165, 1.54) is 0 Å². The molecular weight excluding hydrogens is 352 g/mol. The number of nitrogens with zero attached hydrogens (tertiary/aromatic N) is 1. The van der Waals surface area contributed by atoms with Gasteiger partial charge in [0.15, 0.2) is 0 Å². The average molecular weight is 371 g/mol. The predicted octanol–water partition coefficient (Wildman–Crippen LogP) is 3.56. The standard InChI is InChI=1S/C15H19BrN2O2S/c1-14(2,3)20-13(19)18-15(10-7-21-8-11(10)15)12-5-4-9(16)6-17-12/h4-6,10-11H,7-8H2,1-3H3,(H,18,19)/t10-,11+,15+. The van der Waals surface area contributed by atoms with Crippen LogP contribution in [0.4, 0.5) is 4.79 Å². The number of nitrogens with one attached hydrogen (secondary N) is 1. The third-order valence-corrected chi connectivity index (χ3v) is 5.66. The third kappa shape index (κ3) is 2.80. The predicted molar refractivity (Wildman–Crippen MR) is 87.3 cm³/mol. The van der Waals surface area contributed by atoms with Crippen molar-refractivity contribution >= 4 is 33.8 Å². The molecule has 3 rings (SSSR count). The van der Waals surface area contributed by atoms with Crippen LogP contribution in [0.5, 0.6) is 0 Å². The summed E-state index contributed by atoms with van der Waals surface area (Å²) in [5.41, 5.74) is 0.109. The van der Waals surface area contributed by atoms with Gasteiger partial charge in [0.25, 0.3) is 0 Å². The van der Waals surface area contributed by atoms with Crippen LogP contribution in [0, 0.1) is 11.8 Å². The van der Waals surface area contributed by atoms with E-state index >= 15 is 0 Å². The van der Waals surface area contributed by atoms with Crippen molar-refractivity contribution in [2.45, 2.75) is 31.9 Å². The number of fused-ring (bicyclic) bond motifs is 1. The Morgan fingerprint density at radius 3 is 2.62 bits per heavy atom. The number of aromatic nitrogens is 1. The van der Waals surface area contributed by atoms with Crippen molar-refractivity contribution in [2.75, 3.05) is 11.5 Å². The zero-order chi connectivity index (χ0) is 15.3. The molecule has 0 spiro atoms. The molecule has 114 valence electrons. The van der Waals surface area contributed by atoms with Gasteiger partial charge in [0.2, 0.25) is 0 Å². The smallest absolute Gasteiger partial charge is 0.408 e. The van der Waals surface area contributed by atoms with Crippen LogP contribution in [0.3, 0.4) is 0 Å². The second-order valence-electron chi connectivity index (χ2n) is 6.61. The van der Waals surface area contributed by atoms with Crippen LogP contribution in [0.25, 0.3) is 0 Å². The van der Waals surface area contributed by atoms with Crippen LogP contribution in [-0.4, -0.2) is 28.2 Å². The molecule has 1 saturated heterocycles. The Kier molecular flexibility index (Phi) is 3.72. The minimum absolute atomic E-state index is 0.339. The molecular formula is C15H19BrN2O2S. The summed E-state index contributed by atoms with van der Waals surface area (Å²) in [7, 11) is 0. The number of rotatable bonds is 2. The lowest BCUT2D eigenvalue weighted by molar-refractivity contribution is 0.0484. The van der Waals surface area contributed by atoms with Crippen molar-refractivity contribution in [3.05, 3.63) is 28.5 Å². The number of carbonyl (C=O) groups is 1. The molecule has 2 heterocycles. The molecule has 21 heavy (non-hydrogen) atoms. The molecule has 4 nitrogen and oxygen atoms in total. The van der Waals surface area contributed by atoms with E-state index in [9.17, 15) is 4.79 Å². The van der Waals surface area contributed by atoms with E-state index in [0.717, 1.165) is 21.7 Å². The van der Waals surface area contributed by atoms with Crippen LogP contribution in [0.15, 0.2) is 22.8 Å². The summed E-state index contributed by atoms with van der Waals surface area (Å²) < 4.78 is 6.37. The highest BCUT2D eigenvalue weighted by Crippen LogP contribution is 2.63. The lowest BCUT2D eigenvalue weighted by atomic mass is 10.1. The van der Waals surface area contributed by atoms with Crippen molar-refractivity contribution < 1.29 is 9.53 Å². The van der Waals surface area contributed by atoms with Gasteiger partial charge in [-0.1, -0.05) is 0 Å². The molecule has 1 aliphatic carbocycles. The molecule has 2 fully saturated rings. The summed E-state index contributed by atoms with van der Waals surface area (Å²) in [6.07, 6.45) is 1.43. The Balaban J connectivity index is 1.83. The lowest BCUT2D eigenvalue weighted by Gasteiger charge is -2.25. The van der Waals surface area contributed by atoms with E-state index in [1.807, 2.05) is 44.7 Å². The Bertz CT molecular complexity index is 546. The summed E-state index contributed by atoms with van der Waals surface area (Å²) in [5.74, 6) is 3.06. The van der Waals surface area contributed by atoms with Crippen molar-refractivity contribution in [3.8, 4) is 0 Å². The Morgan fingerprint density at radius 1 is 1.43 bits per heavy atom. The zero-order valence-electron chi connectivity index (χ0n) is 12.4. The van der Waals surface area contributed by atoms with E-state index < -0.39 is 5.60 Å². The van der Waals surface area contributed by atoms with Crippen LogP contribution >= 0.6 is 27.7 Å². The summed E-state index contributed by atoms with van der Waals surface area (Å²) in [6.45, 7) is 5.63. The number of alkyl carbamates (subject to hydrolysis) is 1. The third-order valence-electron chi connectivity index (χ3n) is 4.00. The van der Waals surface area contributed by atoms with Crippen LogP contribution in [-0.2, 0) is 10.3 Å². The molecule has 2 aliphatic rings. The van der Waals surface area contributed by atoms with Gasteiger partial charge < -0.3 is 10.1 Å². The van der Waals surface area contributed by atoms with Crippen LogP contribution in [0.2, 0.25) is 0 Å². The fourth-order valence-electron chi connectivity index (χ4n) is 3.08. The maximum atomic E-state index is 12.2. The van der Waals surface area contributed by atoms with Crippen molar-refractivity contribution in [2.24, 2.45) is 11.8 Å². The van der Waals surface area contributed by atoms with Gasteiger partial charge >= 0.3 is 6.09 Å². The molecule has 0 radical (unpaired) electrons. The summed E-state index contributed by atoms with van der Waals surface area (Å²) in [4.78, 5) is 16.7. The van der Waals surface area contributed by atoms with Crippen LogP contribution < -0.4 is 5.32 Å². The van der Waals surface area contributed by atoms with Crippen molar-refractivity contribution in [1.82, 2.24) is 10.3 Å². The Morgan fingerprint density at radius 2 is 2.10 bits per heavy atom. The second-order valence-corrected chi connectivity index (χ2v) is 8.60. The van der Waals surface area contributed by atoms with Crippen molar-refractivity contribution in [3.63, 3.8) is 0 Å². The molecule has 1 aromatic heterocycles. The molecule has 0 unspecified atom stereocenters. The number of ether oxygens (including phenoxy) is 1. The molecule has 1 amide bonds. The van der Waals surface area contributed by atoms with Gasteiger partial charge in [-0.25, -0.2) is 4.79 Å². The van der Waals surface area contributed by atoms with Crippen LogP contribution in [0.1, 0.15) is 26.5 Å². The first-order valence-electron chi connectivity index (χ1n) is 7.04. The molecule has 0 bridgehead atoms. The van der Waals surface area contributed by atoms with E-state index in [1.54, 1.807) is 6.20 Å². The fourth-order valence-corrected chi connectivity index (χ4v) is 4.95. The Labute approximate surface area is 137 Å². The van der Waals surface area contributed by atoms with Gasteiger partial charge in [-0.05, 0) is 60.3 Å². The van der Waals surface area contributed by atoms with Gasteiger partial charge in [-0.3, -0.25) is 4.98 Å². The van der Waals surface area contributed by atoms with Gasteiger partial charge in [-0.2, -0.15) is 11.8 Å². The number of pyridine rings is 1. The number of carbonyl (C=O) groups excluding carboxylic acids is 1. The highest BCUT2D eigenvalue weighted by molar-refractivity contribution is 9.10. The molecule has 0 aromatic carbocycles. The van der Waals surface area contributed by atoms with Gasteiger partial charge in [0, 0.05) is 22.5 Å². The molecule has 3 atom stereocenters. The second kappa shape index (κ2) is 5.16. The summed E-state index contributed by atoms with van der Waals surface area (Å²) >= 11 is 5.35. The number of hydrogen-bond donors (Lipinski definition) is 1. The number of halogens is 1. The lowest BCUT2D eigenvalue weighted by Crippen LogP contribution is -2.42. The normalized spacial score (nSPS) is 30.7. The first kappa shape index (κ1) is 15.2. The number of amides is 1. The largest absolute Gasteiger partial charge is 0.444 e. The Hall–Kier alpha value is -0.750. The topological polar surface area (TPSA) is 51.2 Å². The molecule has 1 aliphatic heterocycles. The molecule has 1 saturated carbocycles. The highest BCUT2D eigenvalue weighted by atomic mass is 79.9. The zero-order valence-corrected chi connectivity index (χ0v) is 14.8. The van der Waals surface area contributed by atoms with Gasteiger partial charge in [0.05, 0.1) is 11.2 Å². The van der Waals surface area contributed by atoms with E-state index in [0.29, 0.717) is 11.8 Å². The highest BCUT2D eigenvalue weighted by Gasteiger charge is 2.69. The first-order chi connectivity index (χ1) is 9.83. The monoisotopic (exact) mass is 370 g/mol. The minimum atomic E-state index is -0.489. The quantitative estimate of drug-likeness (QED) is 0.864. The van der Waals surface area contributed by atoms with Crippen molar-refractivity contribution in [1.29, 1.82) is 0 Å². The van der Waals surface area contributed by atoms with Gasteiger partial charge in [-0.15, -0.1) is 0 Å². The maximum Gasteiger partial charge on any atom is 0.408 e. The SMILES string of the molecule is CC(C)(C)OC(=O)N[C@@]1(c2ccc(Br)cn2)[C@@H]2CSC[C@@H]21. The number of hydrogen-bond acceptors (Lipinski definition) is 4. The molecule has 6 heteroatoms. The molecule has 1 N–H and O–H groups in total. The maximum absolute atomic E-state index is 12.2. The summed E-state index contributed by atoms with van der Waals surface area (Å²) in [5, 5.41) is 3.11. The number of thioether (sulfide) groups is 1. The summed E-state index contributed by atoms with van der Waals surface area (Å²) in [6, 6.07) is 3.96. The average Bonchev–Trinajstić information content (AvgIpc) is 2.76. The van der Waals surface area contributed by atoms with E-state index in [2.05, 4.69) is 26.2 Å². The van der Waals surface area contributed by atoms with Gasteiger partial charge in [0.1, 0.15) is 5.60 Å².